The molecule has 0 spiro atoms. The molecule has 0 aromatic heterocycles. The van der Waals surface area contributed by atoms with E-state index in [0.29, 0.717) is 18.5 Å². The van der Waals surface area contributed by atoms with Crippen LogP contribution in [0, 0.1) is 12.7 Å². The average Bonchev–Trinajstić information content (AvgIpc) is 2.01. The smallest absolute Gasteiger partial charge is 0.126 e. The van der Waals surface area contributed by atoms with Gasteiger partial charge in [-0.15, -0.1) is 0 Å². The van der Waals surface area contributed by atoms with Gasteiger partial charge in [0, 0.05) is 4.47 Å². The number of nitrogens with two attached hydrogens (primary N) is 1. The second-order valence-electron chi connectivity index (χ2n) is 2.73. The molecule has 12 heavy (non-hydrogen) atoms. The minimum absolute atomic E-state index is 0.165. The van der Waals surface area contributed by atoms with Crippen LogP contribution >= 0.6 is 15.9 Å². The van der Waals surface area contributed by atoms with E-state index in [-0.39, 0.29) is 5.82 Å². The van der Waals surface area contributed by atoms with E-state index in [1.807, 2.05) is 0 Å². The highest BCUT2D eigenvalue weighted by Crippen LogP contribution is 2.20. The SMILES string of the molecule is Cc1cc(Br)c(CCN)cc1F. The van der Waals surface area contributed by atoms with E-state index < -0.39 is 0 Å². The quantitative estimate of drug-likeness (QED) is 0.832. The molecule has 0 heterocycles. The molecule has 1 aromatic carbocycles. The van der Waals surface area contributed by atoms with Crippen molar-refractivity contribution in [2.75, 3.05) is 6.54 Å². The summed E-state index contributed by atoms with van der Waals surface area (Å²) in [5.74, 6) is -0.165. The van der Waals surface area contributed by atoms with Crippen molar-refractivity contribution in [3.8, 4) is 0 Å². The highest BCUT2D eigenvalue weighted by Gasteiger charge is 2.03. The maximum absolute atomic E-state index is 13.0. The Kier molecular flexibility index (Phi) is 3.23. The zero-order valence-corrected chi connectivity index (χ0v) is 8.49. The molecule has 0 amide bonds. The van der Waals surface area contributed by atoms with E-state index in [0.717, 1.165) is 10.0 Å². The summed E-state index contributed by atoms with van der Waals surface area (Å²) >= 11 is 3.36. The summed E-state index contributed by atoms with van der Waals surface area (Å²) < 4.78 is 14.0. The first-order valence-corrected chi connectivity index (χ1v) is 4.59. The molecule has 0 radical (unpaired) electrons. The van der Waals surface area contributed by atoms with Gasteiger partial charge in [-0.25, -0.2) is 4.39 Å². The van der Waals surface area contributed by atoms with E-state index in [4.69, 9.17) is 5.73 Å². The Hall–Kier alpha value is -0.410. The first-order valence-electron chi connectivity index (χ1n) is 3.79. The minimum Gasteiger partial charge on any atom is -0.330 e. The first kappa shape index (κ1) is 9.68. The van der Waals surface area contributed by atoms with Gasteiger partial charge in [-0.05, 0) is 43.1 Å². The zero-order valence-electron chi connectivity index (χ0n) is 6.90. The number of hydrogen-bond acceptors (Lipinski definition) is 1. The Labute approximate surface area is 79.9 Å². The molecule has 66 valence electrons. The van der Waals surface area contributed by atoms with Crippen molar-refractivity contribution >= 4 is 15.9 Å². The van der Waals surface area contributed by atoms with Crippen LogP contribution in [0.25, 0.3) is 0 Å². The standard InChI is InChI=1S/C9H11BrFN/c1-6-4-8(10)7(2-3-12)5-9(6)11/h4-5H,2-3,12H2,1H3. The van der Waals surface area contributed by atoms with Gasteiger partial charge in [0.1, 0.15) is 5.82 Å². The van der Waals surface area contributed by atoms with Gasteiger partial charge in [-0.1, -0.05) is 15.9 Å². The van der Waals surface area contributed by atoms with Crippen LogP contribution in [-0.4, -0.2) is 6.54 Å². The molecule has 0 fully saturated rings. The molecule has 0 saturated carbocycles. The molecule has 3 heteroatoms. The Bertz CT molecular complexity index is 286. The minimum atomic E-state index is -0.165. The van der Waals surface area contributed by atoms with Gasteiger partial charge in [0.15, 0.2) is 0 Å². The molecule has 0 unspecified atom stereocenters. The lowest BCUT2D eigenvalue weighted by Crippen LogP contribution is -2.04. The number of halogens is 2. The lowest BCUT2D eigenvalue weighted by atomic mass is 10.1. The van der Waals surface area contributed by atoms with Crippen LogP contribution in [0.15, 0.2) is 16.6 Å². The van der Waals surface area contributed by atoms with Crippen molar-refractivity contribution in [2.24, 2.45) is 5.73 Å². The van der Waals surface area contributed by atoms with Gasteiger partial charge in [-0.2, -0.15) is 0 Å². The summed E-state index contributed by atoms with van der Waals surface area (Å²) in [7, 11) is 0. The van der Waals surface area contributed by atoms with Crippen molar-refractivity contribution in [3.05, 3.63) is 33.5 Å². The maximum Gasteiger partial charge on any atom is 0.126 e. The second kappa shape index (κ2) is 4.01. The van der Waals surface area contributed by atoms with Gasteiger partial charge in [-0.3, -0.25) is 0 Å². The van der Waals surface area contributed by atoms with E-state index in [1.165, 1.54) is 6.07 Å². The number of rotatable bonds is 2. The lowest BCUT2D eigenvalue weighted by Gasteiger charge is -2.04. The largest absolute Gasteiger partial charge is 0.330 e. The normalized spacial score (nSPS) is 10.3. The fraction of sp³-hybridized carbons (Fsp3) is 0.333. The molecule has 0 atom stereocenters. The highest BCUT2D eigenvalue weighted by atomic mass is 79.9. The Balaban J connectivity index is 3.05. The van der Waals surface area contributed by atoms with Crippen molar-refractivity contribution in [2.45, 2.75) is 13.3 Å². The van der Waals surface area contributed by atoms with Crippen LogP contribution < -0.4 is 5.73 Å². The van der Waals surface area contributed by atoms with E-state index in [9.17, 15) is 4.39 Å². The van der Waals surface area contributed by atoms with Crippen LogP contribution in [0.1, 0.15) is 11.1 Å². The molecule has 1 rings (SSSR count). The molecule has 0 bridgehead atoms. The molecule has 0 aliphatic carbocycles. The molecule has 2 N–H and O–H groups in total. The van der Waals surface area contributed by atoms with Gasteiger partial charge in [0.05, 0.1) is 0 Å². The monoisotopic (exact) mass is 231 g/mol. The van der Waals surface area contributed by atoms with E-state index >= 15 is 0 Å². The predicted molar refractivity (Wildman–Crippen MR) is 51.6 cm³/mol. The van der Waals surface area contributed by atoms with E-state index in [2.05, 4.69) is 15.9 Å². The third kappa shape index (κ3) is 2.05. The van der Waals surface area contributed by atoms with Crippen LogP contribution in [0.2, 0.25) is 0 Å². The summed E-state index contributed by atoms with van der Waals surface area (Å²) in [5, 5.41) is 0. The molecule has 0 aliphatic heterocycles. The number of benzene rings is 1. The van der Waals surface area contributed by atoms with Gasteiger partial charge >= 0.3 is 0 Å². The van der Waals surface area contributed by atoms with Crippen LogP contribution in [0.3, 0.4) is 0 Å². The zero-order chi connectivity index (χ0) is 9.14. The maximum atomic E-state index is 13.0. The number of aryl methyl sites for hydroxylation is 1. The Morgan fingerprint density at radius 3 is 2.75 bits per heavy atom. The van der Waals surface area contributed by atoms with Crippen molar-refractivity contribution in [1.82, 2.24) is 0 Å². The first-order chi connectivity index (χ1) is 5.65. The van der Waals surface area contributed by atoms with Crippen molar-refractivity contribution < 1.29 is 4.39 Å². The summed E-state index contributed by atoms with van der Waals surface area (Å²) in [6.07, 6.45) is 0.706. The van der Waals surface area contributed by atoms with Crippen LogP contribution in [0.5, 0.6) is 0 Å². The summed E-state index contributed by atoms with van der Waals surface area (Å²) in [6, 6.07) is 3.31. The average molecular weight is 232 g/mol. The molecule has 1 nitrogen and oxygen atoms in total. The topological polar surface area (TPSA) is 26.0 Å². The van der Waals surface area contributed by atoms with Gasteiger partial charge < -0.3 is 5.73 Å². The van der Waals surface area contributed by atoms with E-state index in [1.54, 1.807) is 13.0 Å². The molecule has 1 aromatic rings. The summed E-state index contributed by atoms with van der Waals surface area (Å²) in [5.41, 5.74) is 6.96. The van der Waals surface area contributed by atoms with Crippen molar-refractivity contribution in [3.63, 3.8) is 0 Å². The Morgan fingerprint density at radius 1 is 1.50 bits per heavy atom. The molecule has 0 saturated heterocycles. The fourth-order valence-electron chi connectivity index (χ4n) is 1.03. The van der Waals surface area contributed by atoms with Crippen LogP contribution in [-0.2, 0) is 6.42 Å². The molecular weight excluding hydrogens is 221 g/mol. The number of hydrogen-bond donors (Lipinski definition) is 1. The van der Waals surface area contributed by atoms with Gasteiger partial charge in [0.25, 0.3) is 0 Å². The highest BCUT2D eigenvalue weighted by molar-refractivity contribution is 9.10. The Morgan fingerprint density at radius 2 is 2.17 bits per heavy atom. The lowest BCUT2D eigenvalue weighted by molar-refractivity contribution is 0.615. The van der Waals surface area contributed by atoms with Crippen LogP contribution in [0.4, 0.5) is 4.39 Å². The summed E-state index contributed by atoms with van der Waals surface area (Å²) in [4.78, 5) is 0. The predicted octanol–water partition coefficient (Wildman–Crippen LogP) is 2.40. The third-order valence-electron chi connectivity index (χ3n) is 1.74. The van der Waals surface area contributed by atoms with Crippen molar-refractivity contribution in [1.29, 1.82) is 0 Å². The fourth-order valence-corrected chi connectivity index (χ4v) is 1.69. The summed E-state index contributed by atoms with van der Waals surface area (Å²) in [6.45, 7) is 2.29. The second-order valence-corrected chi connectivity index (χ2v) is 3.59. The molecule has 0 aliphatic rings. The molecular formula is C9H11BrFN. The van der Waals surface area contributed by atoms with Gasteiger partial charge in [0.2, 0.25) is 0 Å². The third-order valence-corrected chi connectivity index (χ3v) is 2.48.